The molecule has 138 valence electrons. The number of hydrogen-bond acceptors (Lipinski definition) is 3. The highest BCUT2D eigenvalue weighted by Gasteiger charge is 2.70. The number of aliphatic carboxylic acids is 1. The van der Waals surface area contributed by atoms with Crippen LogP contribution in [0.4, 0.5) is 4.79 Å². The predicted octanol–water partition coefficient (Wildman–Crippen LogP) is 3.92. The minimum Gasteiger partial charge on any atom is -0.479 e. The summed E-state index contributed by atoms with van der Waals surface area (Å²) in [7, 11) is 0. The molecule has 0 heterocycles. The fraction of sp³-hybridized carbons (Fsp3) is 0.364. The lowest BCUT2D eigenvalue weighted by Crippen LogP contribution is -2.66. The van der Waals surface area contributed by atoms with Crippen molar-refractivity contribution in [2.45, 2.75) is 37.1 Å². The number of hydrogen-bond donors (Lipinski definition) is 2. The van der Waals surface area contributed by atoms with Gasteiger partial charge < -0.3 is 15.2 Å². The van der Waals surface area contributed by atoms with Gasteiger partial charge in [-0.2, -0.15) is 0 Å². The van der Waals surface area contributed by atoms with Crippen LogP contribution in [0, 0.1) is 5.41 Å². The second-order valence-corrected chi connectivity index (χ2v) is 7.94. The van der Waals surface area contributed by atoms with Gasteiger partial charge in [0, 0.05) is 11.3 Å². The van der Waals surface area contributed by atoms with E-state index in [-0.39, 0.29) is 17.9 Å². The summed E-state index contributed by atoms with van der Waals surface area (Å²) in [5.74, 6) is -0.972. The van der Waals surface area contributed by atoms with E-state index < -0.39 is 17.6 Å². The van der Waals surface area contributed by atoms with Gasteiger partial charge in [0.1, 0.15) is 12.1 Å². The summed E-state index contributed by atoms with van der Waals surface area (Å²) in [5, 5.41) is 12.4. The van der Waals surface area contributed by atoms with Crippen molar-refractivity contribution in [1.82, 2.24) is 5.32 Å². The molecule has 0 aliphatic heterocycles. The lowest BCUT2D eigenvalue weighted by Gasteiger charge is -2.47. The summed E-state index contributed by atoms with van der Waals surface area (Å²) in [5.41, 5.74) is 3.23. The molecule has 2 N–H and O–H groups in total. The molecule has 0 saturated heterocycles. The highest BCUT2D eigenvalue weighted by molar-refractivity contribution is 5.87. The summed E-state index contributed by atoms with van der Waals surface area (Å²) in [4.78, 5) is 24.3. The number of amides is 1. The standard InChI is InChI=1S/C22H21NO4/c24-19(25)22(12-11-21(22)9-10-21)23-20(26)27-13-18-16-7-3-1-5-14(16)15-6-2-4-8-17(15)18/h1-8,18H,9-13H2,(H,23,26)(H,24,25). The van der Waals surface area contributed by atoms with Crippen LogP contribution in [-0.2, 0) is 9.53 Å². The monoisotopic (exact) mass is 363 g/mol. The Labute approximate surface area is 157 Å². The number of carboxylic acids is 1. The van der Waals surface area contributed by atoms with Crippen LogP contribution >= 0.6 is 0 Å². The molecule has 0 aromatic heterocycles. The Bertz CT molecular complexity index is 903. The van der Waals surface area contributed by atoms with Gasteiger partial charge in [-0.1, -0.05) is 48.5 Å². The van der Waals surface area contributed by atoms with Crippen LogP contribution in [0.2, 0.25) is 0 Å². The fourth-order valence-electron chi connectivity index (χ4n) is 4.95. The van der Waals surface area contributed by atoms with Crippen LogP contribution in [0.5, 0.6) is 0 Å². The third-order valence-corrected chi connectivity index (χ3v) is 6.76. The molecule has 5 rings (SSSR count). The lowest BCUT2D eigenvalue weighted by atomic mass is 9.63. The van der Waals surface area contributed by atoms with Crippen molar-refractivity contribution >= 4 is 12.1 Å². The summed E-state index contributed by atoms with van der Waals surface area (Å²) in [6, 6.07) is 16.3. The number of ether oxygens (including phenoxy) is 1. The van der Waals surface area contributed by atoms with Crippen LogP contribution in [0.25, 0.3) is 11.1 Å². The number of carbonyl (C=O) groups is 2. The first-order chi connectivity index (χ1) is 13.1. The zero-order chi connectivity index (χ0) is 18.6. The maximum absolute atomic E-state index is 12.5. The van der Waals surface area contributed by atoms with Crippen LogP contribution in [0.15, 0.2) is 48.5 Å². The van der Waals surface area contributed by atoms with Crippen molar-refractivity contribution in [2.75, 3.05) is 6.61 Å². The molecule has 2 saturated carbocycles. The number of alkyl carbamates (subject to hydrolysis) is 1. The third-order valence-electron chi connectivity index (χ3n) is 6.76. The van der Waals surface area contributed by atoms with E-state index in [0.29, 0.717) is 6.42 Å². The summed E-state index contributed by atoms with van der Waals surface area (Å²) in [6.07, 6.45) is 2.44. The first-order valence-electron chi connectivity index (χ1n) is 9.43. The third kappa shape index (κ3) is 2.24. The van der Waals surface area contributed by atoms with E-state index in [1.54, 1.807) is 0 Å². The van der Waals surface area contributed by atoms with Crippen molar-refractivity contribution in [3.8, 4) is 11.1 Å². The van der Waals surface area contributed by atoms with E-state index in [2.05, 4.69) is 29.6 Å². The number of carbonyl (C=O) groups excluding carboxylic acids is 1. The van der Waals surface area contributed by atoms with Crippen LogP contribution < -0.4 is 5.32 Å². The molecule has 0 bridgehead atoms. The van der Waals surface area contributed by atoms with E-state index in [9.17, 15) is 14.7 Å². The summed E-state index contributed by atoms with van der Waals surface area (Å²) in [6.45, 7) is 0.197. The Balaban J connectivity index is 1.33. The van der Waals surface area contributed by atoms with Crippen LogP contribution in [0.1, 0.15) is 42.7 Å². The molecule has 5 heteroatoms. The smallest absolute Gasteiger partial charge is 0.408 e. The number of fused-ring (bicyclic) bond motifs is 3. The van der Waals surface area contributed by atoms with Crippen molar-refractivity contribution in [3.63, 3.8) is 0 Å². The Morgan fingerprint density at radius 2 is 1.52 bits per heavy atom. The molecule has 5 nitrogen and oxygen atoms in total. The Morgan fingerprint density at radius 1 is 0.963 bits per heavy atom. The maximum Gasteiger partial charge on any atom is 0.408 e. The minimum absolute atomic E-state index is 0.0276. The largest absolute Gasteiger partial charge is 0.479 e. The highest BCUT2D eigenvalue weighted by Crippen LogP contribution is 2.66. The summed E-state index contributed by atoms with van der Waals surface area (Å²) < 4.78 is 5.53. The zero-order valence-corrected chi connectivity index (χ0v) is 14.9. The molecular weight excluding hydrogens is 342 g/mol. The van der Waals surface area contributed by atoms with Crippen LogP contribution in [-0.4, -0.2) is 29.3 Å². The Kier molecular flexibility index (Phi) is 3.39. The van der Waals surface area contributed by atoms with Gasteiger partial charge in [-0.15, -0.1) is 0 Å². The molecule has 1 spiro atoms. The van der Waals surface area contributed by atoms with Gasteiger partial charge in [-0.05, 0) is 47.9 Å². The van der Waals surface area contributed by atoms with Crippen LogP contribution in [0.3, 0.4) is 0 Å². The quantitative estimate of drug-likeness (QED) is 0.863. The molecule has 2 aromatic carbocycles. The molecular formula is C22H21NO4. The van der Waals surface area contributed by atoms with E-state index in [1.165, 1.54) is 11.1 Å². The topological polar surface area (TPSA) is 75.6 Å². The second kappa shape index (κ2) is 5.59. The van der Waals surface area contributed by atoms with Gasteiger partial charge in [-0.25, -0.2) is 9.59 Å². The van der Waals surface area contributed by atoms with Crippen molar-refractivity contribution < 1.29 is 19.4 Å². The highest BCUT2D eigenvalue weighted by atomic mass is 16.5. The molecule has 1 atom stereocenters. The van der Waals surface area contributed by atoms with E-state index in [0.717, 1.165) is 30.4 Å². The van der Waals surface area contributed by atoms with Crippen molar-refractivity contribution in [1.29, 1.82) is 0 Å². The number of rotatable bonds is 4. The number of carboxylic acid groups (broad SMARTS) is 1. The molecule has 2 fully saturated rings. The molecule has 1 unspecified atom stereocenters. The van der Waals surface area contributed by atoms with Gasteiger partial charge in [0.15, 0.2) is 0 Å². The first kappa shape index (κ1) is 16.4. The second-order valence-electron chi connectivity index (χ2n) is 7.94. The number of benzene rings is 2. The molecule has 3 aliphatic rings. The average molecular weight is 363 g/mol. The van der Waals surface area contributed by atoms with E-state index >= 15 is 0 Å². The maximum atomic E-state index is 12.5. The van der Waals surface area contributed by atoms with Gasteiger partial charge in [-0.3, -0.25) is 0 Å². The minimum atomic E-state index is -1.14. The SMILES string of the molecule is O=C(NC1(C(=O)O)CCC12CC2)OCC1c2ccccc2-c2ccccc21. The first-order valence-corrected chi connectivity index (χ1v) is 9.43. The molecule has 0 radical (unpaired) electrons. The molecule has 27 heavy (non-hydrogen) atoms. The van der Waals surface area contributed by atoms with Gasteiger partial charge in [0.2, 0.25) is 0 Å². The molecule has 1 amide bonds. The lowest BCUT2D eigenvalue weighted by molar-refractivity contribution is -0.154. The van der Waals surface area contributed by atoms with Crippen molar-refractivity contribution in [2.24, 2.45) is 5.41 Å². The number of nitrogens with one attached hydrogen (secondary N) is 1. The van der Waals surface area contributed by atoms with Crippen molar-refractivity contribution in [3.05, 3.63) is 59.7 Å². The van der Waals surface area contributed by atoms with Gasteiger partial charge in [0.25, 0.3) is 0 Å². The normalized spacial score (nSPS) is 23.9. The fourth-order valence-corrected chi connectivity index (χ4v) is 4.95. The average Bonchev–Trinajstić information content (AvgIpc) is 3.44. The molecule has 2 aromatic rings. The molecule has 3 aliphatic carbocycles. The van der Waals surface area contributed by atoms with Gasteiger partial charge >= 0.3 is 12.1 Å². The Hall–Kier alpha value is -2.82. The van der Waals surface area contributed by atoms with E-state index in [4.69, 9.17) is 4.74 Å². The van der Waals surface area contributed by atoms with Gasteiger partial charge in [0.05, 0.1) is 0 Å². The summed E-state index contributed by atoms with van der Waals surface area (Å²) >= 11 is 0. The predicted molar refractivity (Wildman–Crippen MR) is 99.5 cm³/mol. The van der Waals surface area contributed by atoms with E-state index in [1.807, 2.05) is 24.3 Å². The zero-order valence-electron chi connectivity index (χ0n) is 14.9. The Morgan fingerprint density at radius 3 is 2.00 bits per heavy atom.